The van der Waals surface area contributed by atoms with Crippen LogP contribution in [0.1, 0.15) is 63.9 Å². The number of aliphatic hydroxyl groups excluding tert-OH is 1. The van der Waals surface area contributed by atoms with Gasteiger partial charge in [0.05, 0.1) is 29.7 Å². The van der Waals surface area contributed by atoms with Crippen LogP contribution in [0.25, 0.3) is 16.7 Å². The molecule has 218 valence electrons. The first kappa shape index (κ1) is 28.7. The van der Waals surface area contributed by atoms with Crippen molar-refractivity contribution in [3.63, 3.8) is 0 Å². The van der Waals surface area contributed by atoms with Gasteiger partial charge in [-0.1, -0.05) is 20.8 Å². The first-order chi connectivity index (χ1) is 19.9. The molecule has 2 atom stereocenters. The SMILES string of the molecule is CNc1ncc2cc(C3CC3NC(=O)Nc3cc(C(C)(C)C)nn3-c3ccc(C#N)nc3)c(=O)n(C(C)(C)CO)c2n1. The summed E-state index contributed by atoms with van der Waals surface area (Å²) < 4.78 is 3.09. The maximum atomic E-state index is 13.7. The van der Waals surface area contributed by atoms with Gasteiger partial charge in [0.2, 0.25) is 5.95 Å². The van der Waals surface area contributed by atoms with Crippen molar-refractivity contribution < 1.29 is 9.90 Å². The van der Waals surface area contributed by atoms with Gasteiger partial charge in [-0.15, -0.1) is 0 Å². The van der Waals surface area contributed by atoms with Crippen LogP contribution in [0.5, 0.6) is 0 Å². The number of hydrogen-bond acceptors (Lipinski definition) is 9. The Hall–Kier alpha value is -4.83. The molecular weight excluding hydrogens is 536 g/mol. The standard InChI is InChI=1S/C29H34N10O3/c1-28(2,3)22-11-23(39(37-22)18-8-7-17(12-30)32-14-18)35-27(42)34-21-10-19(21)20-9-16-13-33-26(31-6)36-24(16)38(25(20)41)29(4,5)15-40/h7-9,11,13-14,19,21,40H,10,15H2,1-6H3,(H,31,33,36)(H2,34,35,42). The van der Waals surface area contributed by atoms with Gasteiger partial charge >= 0.3 is 6.03 Å². The van der Waals surface area contributed by atoms with Crippen LogP contribution in [0, 0.1) is 11.3 Å². The van der Waals surface area contributed by atoms with Crippen molar-refractivity contribution in [2.75, 3.05) is 24.3 Å². The Balaban J connectivity index is 1.40. The number of rotatable bonds is 7. The molecule has 0 bridgehead atoms. The molecule has 0 radical (unpaired) electrons. The van der Waals surface area contributed by atoms with E-state index in [2.05, 4.69) is 36.0 Å². The molecule has 2 amide bonds. The predicted octanol–water partition coefficient (Wildman–Crippen LogP) is 2.99. The third-order valence-electron chi connectivity index (χ3n) is 7.32. The zero-order valence-corrected chi connectivity index (χ0v) is 24.4. The number of nitrogens with one attached hydrogen (secondary N) is 3. The van der Waals surface area contributed by atoms with Crippen molar-refractivity contribution in [2.24, 2.45) is 0 Å². The number of carbonyl (C=O) groups excluding carboxylic acids is 1. The second kappa shape index (κ2) is 10.5. The summed E-state index contributed by atoms with van der Waals surface area (Å²) in [6.45, 7) is 9.34. The van der Waals surface area contributed by atoms with Crippen molar-refractivity contribution in [3.8, 4) is 11.8 Å². The molecule has 4 aromatic heterocycles. The number of pyridine rings is 2. The minimum absolute atomic E-state index is 0.213. The minimum atomic E-state index is -0.913. The number of aromatic nitrogens is 6. The maximum absolute atomic E-state index is 13.7. The van der Waals surface area contributed by atoms with Crippen LogP contribution in [0.3, 0.4) is 0 Å². The maximum Gasteiger partial charge on any atom is 0.320 e. The number of hydrogen-bond donors (Lipinski definition) is 4. The number of urea groups is 1. The number of anilines is 2. The van der Waals surface area contributed by atoms with E-state index >= 15 is 0 Å². The topological polar surface area (TPSA) is 176 Å². The summed E-state index contributed by atoms with van der Waals surface area (Å²) in [7, 11) is 1.69. The van der Waals surface area contributed by atoms with Gasteiger partial charge in [-0.25, -0.2) is 19.4 Å². The van der Waals surface area contributed by atoms with Gasteiger partial charge in [0.15, 0.2) is 0 Å². The smallest absolute Gasteiger partial charge is 0.320 e. The fraction of sp³-hybridized carbons (Fsp3) is 0.414. The zero-order valence-electron chi connectivity index (χ0n) is 24.4. The molecule has 1 aliphatic rings. The van der Waals surface area contributed by atoms with Crippen LogP contribution in [0.2, 0.25) is 0 Å². The van der Waals surface area contributed by atoms with Crippen molar-refractivity contribution >= 4 is 28.8 Å². The van der Waals surface area contributed by atoms with Gasteiger partial charge < -0.3 is 15.7 Å². The highest BCUT2D eigenvalue weighted by Crippen LogP contribution is 2.40. The number of nitriles is 1. The first-order valence-electron chi connectivity index (χ1n) is 13.6. The molecule has 1 aliphatic carbocycles. The van der Waals surface area contributed by atoms with Gasteiger partial charge in [0.25, 0.3) is 5.56 Å². The number of amides is 2. The first-order valence-corrected chi connectivity index (χ1v) is 13.6. The lowest BCUT2D eigenvalue weighted by Crippen LogP contribution is -2.41. The fourth-order valence-electron chi connectivity index (χ4n) is 4.77. The molecule has 0 aliphatic heterocycles. The lowest BCUT2D eigenvalue weighted by Gasteiger charge is -2.27. The van der Waals surface area contributed by atoms with E-state index in [4.69, 9.17) is 5.26 Å². The highest BCUT2D eigenvalue weighted by Gasteiger charge is 2.42. The lowest BCUT2D eigenvalue weighted by molar-refractivity contribution is 0.164. The highest BCUT2D eigenvalue weighted by atomic mass is 16.3. The third kappa shape index (κ3) is 5.40. The molecule has 1 saturated carbocycles. The molecule has 4 heterocycles. The molecule has 5 rings (SSSR count). The van der Waals surface area contributed by atoms with Crippen molar-refractivity contribution in [2.45, 2.75) is 64.0 Å². The largest absolute Gasteiger partial charge is 0.394 e. The Morgan fingerprint density at radius 1 is 1.17 bits per heavy atom. The van der Waals surface area contributed by atoms with Crippen molar-refractivity contribution in [1.82, 2.24) is 34.6 Å². The molecule has 1 fully saturated rings. The molecule has 4 N–H and O–H groups in total. The quantitative estimate of drug-likeness (QED) is 0.260. The second-order valence-electron chi connectivity index (χ2n) is 12.1. The summed E-state index contributed by atoms with van der Waals surface area (Å²) in [5.74, 6) is 0.594. The van der Waals surface area contributed by atoms with E-state index in [0.29, 0.717) is 40.5 Å². The second-order valence-corrected chi connectivity index (χ2v) is 12.1. The Kier molecular flexibility index (Phi) is 7.20. The summed E-state index contributed by atoms with van der Waals surface area (Å²) in [6.07, 6.45) is 3.75. The van der Waals surface area contributed by atoms with Crippen molar-refractivity contribution in [1.29, 1.82) is 5.26 Å². The van der Waals surface area contributed by atoms with Crippen molar-refractivity contribution in [3.05, 3.63) is 64.0 Å². The van der Waals surface area contributed by atoms with Crippen LogP contribution in [0.15, 0.2) is 41.5 Å². The molecule has 13 nitrogen and oxygen atoms in total. The summed E-state index contributed by atoms with van der Waals surface area (Å²) >= 11 is 0. The monoisotopic (exact) mass is 570 g/mol. The molecule has 42 heavy (non-hydrogen) atoms. The Morgan fingerprint density at radius 3 is 2.55 bits per heavy atom. The van der Waals surface area contributed by atoms with Crippen LogP contribution < -0.4 is 21.5 Å². The summed E-state index contributed by atoms with van der Waals surface area (Å²) in [4.78, 5) is 39.8. The number of fused-ring (bicyclic) bond motifs is 1. The van der Waals surface area contributed by atoms with Gasteiger partial charge in [0, 0.05) is 47.6 Å². The number of aliphatic hydroxyl groups is 1. The molecular formula is C29H34N10O3. The van der Waals surface area contributed by atoms with Gasteiger partial charge in [-0.3, -0.25) is 14.7 Å². The molecule has 0 saturated heterocycles. The van der Waals surface area contributed by atoms with E-state index in [9.17, 15) is 14.7 Å². The minimum Gasteiger partial charge on any atom is -0.394 e. The lowest BCUT2D eigenvalue weighted by atomic mass is 9.92. The van der Waals surface area contributed by atoms with E-state index in [1.807, 2.05) is 26.8 Å². The Labute approximate surface area is 242 Å². The van der Waals surface area contributed by atoms with E-state index < -0.39 is 11.6 Å². The summed E-state index contributed by atoms with van der Waals surface area (Å²) in [5.41, 5.74) is 1.12. The average Bonchev–Trinajstić information content (AvgIpc) is 3.57. The summed E-state index contributed by atoms with van der Waals surface area (Å²) in [6, 6.07) is 8.17. The molecule has 13 heteroatoms. The Morgan fingerprint density at radius 2 is 1.93 bits per heavy atom. The van der Waals surface area contributed by atoms with Crippen LogP contribution in [0.4, 0.5) is 16.6 Å². The molecule has 0 aromatic carbocycles. The van der Waals surface area contributed by atoms with E-state index in [-0.39, 0.29) is 35.2 Å². The van der Waals surface area contributed by atoms with Gasteiger partial charge in [0.1, 0.15) is 23.2 Å². The normalized spacial score (nSPS) is 16.6. The highest BCUT2D eigenvalue weighted by molar-refractivity contribution is 5.89. The Bertz CT molecular complexity index is 1760. The van der Waals surface area contributed by atoms with E-state index in [1.54, 1.807) is 56.0 Å². The predicted molar refractivity (Wildman–Crippen MR) is 158 cm³/mol. The van der Waals surface area contributed by atoms with E-state index in [0.717, 1.165) is 5.69 Å². The number of nitrogens with zero attached hydrogens (tertiary/aromatic N) is 7. The molecule has 0 spiro atoms. The fourth-order valence-corrected chi connectivity index (χ4v) is 4.77. The third-order valence-corrected chi connectivity index (χ3v) is 7.32. The zero-order chi connectivity index (χ0) is 30.4. The van der Waals surface area contributed by atoms with Crippen LogP contribution in [-0.4, -0.2) is 60.1 Å². The van der Waals surface area contributed by atoms with Gasteiger partial charge in [-0.2, -0.15) is 15.3 Å². The van der Waals surface area contributed by atoms with E-state index in [1.165, 1.54) is 10.8 Å². The molecule has 4 aromatic rings. The van der Waals surface area contributed by atoms with Gasteiger partial charge in [-0.05, 0) is 38.5 Å². The average molecular weight is 571 g/mol. The molecule has 2 unspecified atom stereocenters. The summed E-state index contributed by atoms with van der Waals surface area (Å²) in [5, 5.41) is 33.3. The number of carbonyl (C=O) groups is 1. The van der Waals surface area contributed by atoms with Crippen LogP contribution >= 0.6 is 0 Å². The van der Waals surface area contributed by atoms with Crippen LogP contribution in [-0.2, 0) is 11.0 Å².